The van der Waals surface area contributed by atoms with Crippen LogP contribution in [0, 0.1) is 5.92 Å². The van der Waals surface area contributed by atoms with E-state index in [1.807, 2.05) is 63.2 Å². The Balaban J connectivity index is 1.80. The van der Waals surface area contributed by atoms with Gasteiger partial charge in [0, 0.05) is 29.0 Å². The van der Waals surface area contributed by atoms with E-state index in [0.717, 1.165) is 22.5 Å². The summed E-state index contributed by atoms with van der Waals surface area (Å²) < 4.78 is 11.3. The second kappa shape index (κ2) is 9.65. The van der Waals surface area contributed by atoms with Gasteiger partial charge in [0.15, 0.2) is 5.78 Å². The van der Waals surface area contributed by atoms with Gasteiger partial charge in [-0.25, -0.2) is 4.79 Å². The van der Waals surface area contributed by atoms with Crippen molar-refractivity contribution in [1.82, 2.24) is 5.32 Å². The van der Waals surface area contributed by atoms with Gasteiger partial charge in [-0.3, -0.25) is 4.79 Å². The molecule has 5 heteroatoms. The molecule has 0 saturated carbocycles. The second-order valence-electron chi connectivity index (χ2n) is 9.16. The van der Waals surface area contributed by atoms with Gasteiger partial charge in [0.2, 0.25) is 0 Å². The zero-order valence-corrected chi connectivity index (χ0v) is 19.7. The Bertz CT molecular complexity index is 1110. The Labute approximate surface area is 195 Å². The first-order chi connectivity index (χ1) is 15.9. The van der Waals surface area contributed by atoms with Crippen molar-refractivity contribution in [3.8, 4) is 5.75 Å². The number of rotatable bonds is 6. The number of benzene rings is 2. The van der Waals surface area contributed by atoms with Crippen molar-refractivity contribution in [2.45, 2.75) is 45.4 Å². The van der Waals surface area contributed by atoms with Crippen molar-refractivity contribution >= 4 is 11.8 Å². The molecule has 2 aromatic carbocycles. The maximum atomic E-state index is 13.6. The number of dihydropyridines is 1. The molecule has 2 aliphatic rings. The number of hydrogen-bond acceptors (Lipinski definition) is 5. The number of nitrogens with one attached hydrogen (secondary N) is 1. The van der Waals surface area contributed by atoms with Crippen LogP contribution in [0.25, 0.3) is 0 Å². The second-order valence-corrected chi connectivity index (χ2v) is 9.16. The number of carbonyl (C=O) groups is 2. The summed E-state index contributed by atoms with van der Waals surface area (Å²) in [5.74, 6) is 0.0983. The predicted molar refractivity (Wildman–Crippen MR) is 128 cm³/mol. The van der Waals surface area contributed by atoms with Crippen LogP contribution in [0.1, 0.15) is 56.6 Å². The fraction of sp³-hybridized carbons (Fsp3) is 0.357. The molecule has 4 rings (SSSR count). The maximum Gasteiger partial charge on any atom is 0.336 e. The summed E-state index contributed by atoms with van der Waals surface area (Å²) in [6, 6.07) is 17.7. The van der Waals surface area contributed by atoms with Crippen molar-refractivity contribution in [1.29, 1.82) is 0 Å². The number of hydrogen-bond donors (Lipinski definition) is 1. The van der Waals surface area contributed by atoms with E-state index in [9.17, 15) is 9.59 Å². The molecule has 0 spiro atoms. The summed E-state index contributed by atoms with van der Waals surface area (Å²) in [5, 5.41) is 3.40. The molecule has 5 nitrogen and oxygen atoms in total. The molecule has 1 aliphatic carbocycles. The Hall–Kier alpha value is -3.34. The van der Waals surface area contributed by atoms with Crippen LogP contribution >= 0.6 is 0 Å². The summed E-state index contributed by atoms with van der Waals surface area (Å²) >= 11 is 0. The van der Waals surface area contributed by atoms with Crippen molar-refractivity contribution in [2.24, 2.45) is 5.92 Å². The summed E-state index contributed by atoms with van der Waals surface area (Å²) in [6.07, 6.45) is 1.12. The van der Waals surface area contributed by atoms with Crippen LogP contribution in [0.2, 0.25) is 0 Å². The molecule has 2 aromatic rings. The Morgan fingerprint density at radius 2 is 1.76 bits per heavy atom. The van der Waals surface area contributed by atoms with E-state index in [2.05, 4.69) is 17.4 Å². The van der Waals surface area contributed by atoms with Crippen LogP contribution in [0.15, 0.2) is 77.1 Å². The largest absolute Gasteiger partial charge is 0.496 e. The number of para-hydroxylation sites is 1. The van der Waals surface area contributed by atoms with Crippen molar-refractivity contribution in [3.63, 3.8) is 0 Å². The zero-order chi connectivity index (χ0) is 23.5. The van der Waals surface area contributed by atoms with Crippen molar-refractivity contribution in [2.75, 3.05) is 13.7 Å². The topological polar surface area (TPSA) is 64.6 Å². The highest BCUT2D eigenvalue weighted by Gasteiger charge is 2.42. The highest BCUT2D eigenvalue weighted by Crippen LogP contribution is 2.47. The molecule has 33 heavy (non-hydrogen) atoms. The van der Waals surface area contributed by atoms with Gasteiger partial charge in [-0.15, -0.1) is 0 Å². The van der Waals surface area contributed by atoms with Gasteiger partial charge >= 0.3 is 5.97 Å². The van der Waals surface area contributed by atoms with Gasteiger partial charge in [0.1, 0.15) is 5.75 Å². The first-order valence-corrected chi connectivity index (χ1v) is 11.5. The van der Waals surface area contributed by atoms with Crippen LogP contribution in [0.3, 0.4) is 0 Å². The molecule has 1 heterocycles. The number of ether oxygens (including phenoxy) is 2. The summed E-state index contributed by atoms with van der Waals surface area (Å²) in [6.45, 7) is 6.21. The van der Waals surface area contributed by atoms with Gasteiger partial charge < -0.3 is 14.8 Å². The molecule has 0 amide bonds. The number of carbonyl (C=O) groups excluding carboxylic acids is 2. The lowest BCUT2D eigenvalue weighted by atomic mass is 9.71. The van der Waals surface area contributed by atoms with E-state index < -0.39 is 11.9 Å². The van der Waals surface area contributed by atoms with Crippen LogP contribution in [0.4, 0.5) is 0 Å². The van der Waals surface area contributed by atoms with Gasteiger partial charge in [-0.1, -0.05) is 62.4 Å². The Morgan fingerprint density at radius 1 is 1.06 bits per heavy atom. The highest BCUT2D eigenvalue weighted by atomic mass is 16.5. The molecule has 1 N–H and O–H groups in total. The number of esters is 1. The van der Waals surface area contributed by atoms with Crippen LogP contribution in [-0.4, -0.2) is 25.5 Å². The molecular weight excluding hydrogens is 414 g/mol. The minimum absolute atomic E-state index is 0.0511. The van der Waals surface area contributed by atoms with E-state index in [0.29, 0.717) is 36.3 Å². The molecule has 0 saturated heterocycles. The monoisotopic (exact) mass is 445 g/mol. The molecular formula is C28H31NO4. The molecule has 0 unspecified atom stereocenters. The minimum atomic E-state index is -0.527. The average Bonchev–Trinajstić information content (AvgIpc) is 2.82. The van der Waals surface area contributed by atoms with E-state index in [1.54, 1.807) is 7.11 Å². The fourth-order valence-corrected chi connectivity index (χ4v) is 4.81. The molecule has 0 radical (unpaired) electrons. The van der Waals surface area contributed by atoms with E-state index in [1.165, 1.54) is 0 Å². The van der Waals surface area contributed by atoms with Gasteiger partial charge in [-0.2, -0.15) is 0 Å². The summed E-state index contributed by atoms with van der Waals surface area (Å²) in [5.41, 5.74) is 4.68. The molecule has 172 valence electrons. The number of Topliss-reactive ketones (excluding diaryl/α,β-unsaturated/α-hetero) is 1. The van der Waals surface area contributed by atoms with Crippen LogP contribution in [-0.2, 0) is 14.3 Å². The lowest BCUT2D eigenvalue weighted by molar-refractivity contribution is -0.140. The molecule has 2 atom stereocenters. The number of allylic oxidation sites excluding steroid dienone is 3. The third kappa shape index (κ3) is 4.58. The lowest BCUT2D eigenvalue weighted by Crippen LogP contribution is -2.36. The summed E-state index contributed by atoms with van der Waals surface area (Å²) in [7, 11) is 1.61. The first-order valence-electron chi connectivity index (χ1n) is 11.5. The molecule has 0 fully saturated rings. The zero-order valence-electron chi connectivity index (χ0n) is 19.7. The van der Waals surface area contributed by atoms with Crippen LogP contribution < -0.4 is 10.1 Å². The van der Waals surface area contributed by atoms with E-state index >= 15 is 0 Å². The van der Waals surface area contributed by atoms with E-state index in [4.69, 9.17) is 9.47 Å². The SMILES string of the molecule is COc1ccccc1[C@H]1C(C(=O)OCC(C)C)=C(C)NC2=C1C(=O)C[C@H](c1ccccc1)C2. The predicted octanol–water partition coefficient (Wildman–Crippen LogP) is 5.26. The number of ketones is 1. The van der Waals surface area contributed by atoms with Crippen molar-refractivity contribution in [3.05, 3.63) is 88.3 Å². The van der Waals surface area contributed by atoms with Crippen molar-refractivity contribution < 1.29 is 19.1 Å². The third-order valence-corrected chi connectivity index (χ3v) is 6.32. The van der Waals surface area contributed by atoms with Crippen LogP contribution in [0.5, 0.6) is 5.75 Å². The quantitative estimate of drug-likeness (QED) is 0.615. The first kappa shape index (κ1) is 22.8. The smallest absolute Gasteiger partial charge is 0.336 e. The Kier molecular flexibility index (Phi) is 6.68. The lowest BCUT2D eigenvalue weighted by Gasteiger charge is -2.37. The van der Waals surface area contributed by atoms with E-state index in [-0.39, 0.29) is 17.6 Å². The Morgan fingerprint density at radius 3 is 2.45 bits per heavy atom. The maximum absolute atomic E-state index is 13.6. The standard InChI is InChI=1S/C28H31NO4/c1-17(2)16-33-28(31)25-18(3)29-22-14-20(19-10-6-5-7-11-19)15-23(30)27(22)26(25)21-12-8-9-13-24(21)32-4/h5-13,17,20,26,29H,14-16H2,1-4H3/t20-,26+/m1/s1. The summed E-state index contributed by atoms with van der Waals surface area (Å²) in [4.78, 5) is 26.9. The highest BCUT2D eigenvalue weighted by molar-refractivity contribution is 6.04. The third-order valence-electron chi connectivity index (χ3n) is 6.32. The van der Waals surface area contributed by atoms with Gasteiger partial charge in [0.25, 0.3) is 0 Å². The minimum Gasteiger partial charge on any atom is -0.496 e. The molecule has 0 bridgehead atoms. The number of methoxy groups -OCH3 is 1. The van der Waals surface area contributed by atoms with Gasteiger partial charge in [-0.05, 0) is 36.8 Å². The average molecular weight is 446 g/mol. The molecule has 0 aromatic heterocycles. The molecule has 1 aliphatic heterocycles. The fourth-order valence-electron chi connectivity index (χ4n) is 4.81. The normalized spacial score (nSPS) is 20.5. The van der Waals surface area contributed by atoms with Gasteiger partial charge in [0.05, 0.1) is 25.2 Å².